The second-order valence-corrected chi connectivity index (χ2v) is 14.4. The van der Waals surface area contributed by atoms with E-state index in [0.717, 1.165) is 71.0 Å². The first-order chi connectivity index (χ1) is 25.8. The Kier molecular flexibility index (Phi) is 11.6. The summed E-state index contributed by atoms with van der Waals surface area (Å²) in [6, 6.07) is 16.1. The molecule has 2 aromatic heterocycles. The van der Waals surface area contributed by atoms with Crippen molar-refractivity contribution in [3.8, 4) is 33.6 Å². The molecule has 2 aromatic carbocycles. The third-order valence-electron chi connectivity index (χ3n) is 9.27. The summed E-state index contributed by atoms with van der Waals surface area (Å²) in [6.07, 6.45) is 3.31. The number of imidazole rings is 2. The molecule has 2 atom stereocenters. The molecule has 2 fully saturated rings. The van der Waals surface area contributed by atoms with Crippen molar-refractivity contribution in [1.82, 2.24) is 35.1 Å². The van der Waals surface area contributed by atoms with Gasteiger partial charge in [-0.05, 0) is 68.7 Å². The molecule has 2 saturated heterocycles. The van der Waals surface area contributed by atoms with Crippen molar-refractivity contribution in [2.24, 2.45) is 0 Å². The van der Waals surface area contributed by atoms with E-state index in [1.165, 1.54) is 7.11 Å². The topological polar surface area (TPSA) is 138 Å². The molecule has 0 saturated carbocycles. The van der Waals surface area contributed by atoms with E-state index in [2.05, 4.69) is 49.5 Å². The Morgan fingerprint density at radius 2 is 1.39 bits per heavy atom. The molecule has 0 radical (unpaired) electrons. The number of H-pyrrole nitrogens is 2. The van der Waals surface area contributed by atoms with Gasteiger partial charge in [0.1, 0.15) is 23.9 Å². The summed E-state index contributed by atoms with van der Waals surface area (Å²) in [4.78, 5) is 44.7. The number of amides is 2. The monoisotopic (exact) mass is 749 g/mol. The zero-order valence-corrected chi connectivity index (χ0v) is 30.8. The fraction of sp³-hybridized carbons (Fsp3) is 0.436. The lowest BCUT2D eigenvalue weighted by Crippen LogP contribution is -2.36. The van der Waals surface area contributed by atoms with Gasteiger partial charge in [0.2, 0.25) is 0 Å². The quantitative estimate of drug-likeness (QED) is 0.130. The molecular weight excluding hydrogens is 703 g/mol. The summed E-state index contributed by atoms with van der Waals surface area (Å²) >= 11 is 0. The first-order valence-corrected chi connectivity index (χ1v) is 18.0. The van der Waals surface area contributed by atoms with Crippen molar-refractivity contribution < 1.29 is 37.0 Å². The number of ether oxygens (including phenoxy) is 3. The Bertz CT molecular complexity index is 1920. The van der Waals surface area contributed by atoms with Crippen molar-refractivity contribution in [3.63, 3.8) is 0 Å². The van der Waals surface area contributed by atoms with Crippen LogP contribution in [0.5, 0.6) is 0 Å². The van der Waals surface area contributed by atoms with Gasteiger partial charge in [0, 0.05) is 31.4 Å². The van der Waals surface area contributed by atoms with Crippen LogP contribution in [-0.2, 0) is 14.2 Å². The molecule has 12 nitrogen and oxygen atoms in total. The zero-order valence-electron chi connectivity index (χ0n) is 30.8. The first kappa shape index (κ1) is 38.4. The Morgan fingerprint density at radius 1 is 0.852 bits per heavy atom. The molecule has 6 rings (SSSR count). The SMILES string of the molecule is COC(=O)NC(=CN1CCCC1c1ncc(-c2ccc(-c3ccc(-c4cnc(C5CCCN5C(=O)OC(C)(C)C)[nH]4)cc3)cc2)[nH]1)CCOCC(F)(F)F. The van der Waals surface area contributed by atoms with E-state index in [-0.39, 0.29) is 31.2 Å². The molecule has 2 amide bonds. The fourth-order valence-electron chi connectivity index (χ4n) is 6.73. The van der Waals surface area contributed by atoms with Gasteiger partial charge in [-0.15, -0.1) is 0 Å². The minimum absolute atomic E-state index is 0.0631. The Labute approximate surface area is 312 Å². The highest BCUT2D eigenvalue weighted by Crippen LogP contribution is 2.35. The molecule has 0 spiro atoms. The maximum Gasteiger partial charge on any atom is 0.411 e. The predicted octanol–water partition coefficient (Wildman–Crippen LogP) is 8.51. The van der Waals surface area contributed by atoms with Gasteiger partial charge in [-0.25, -0.2) is 19.6 Å². The van der Waals surface area contributed by atoms with Crippen LogP contribution >= 0.6 is 0 Å². The number of hydrogen-bond acceptors (Lipinski definition) is 8. The van der Waals surface area contributed by atoms with Crippen LogP contribution in [0.4, 0.5) is 22.8 Å². The number of hydrogen-bond donors (Lipinski definition) is 3. The lowest BCUT2D eigenvalue weighted by Gasteiger charge is -2.27. The predicted molar refractivity (Wildman–Crippen MR) is 196 cm³/mol. The Balaban J connectivity index is 1.09. The van der Waals surface area contributed by atoms with Gasteiger partial charge in [-0.2, -0.15) is 13.2 Å². The standard InChI is InChI=1S/C39H46F3N7O5/c1-38(2,3)54-37(51)49-19-6-8-33(49)35-44-22-31(47-35)28-15-11-26(12-16-28)25-9-13-27(14-10-25)30-21-43-34(46-30)32-7-5-18-48(32)23-29(45-36(50)52-4)17-20-53-24-39(40,41)42/h9-16,21-23,32-33H,5-8,17-20,24H2,1-4H3,(H,43,46)(H,44,47)(H,45,50). The Morgan fingerprint density at radius 3 is 1.94 bits per heavy atom. The lowest BCUT2D eigenvalue weighted by molar-refractivity contribution is -0.173. The first-order valence-electron chi connectivity index (χ1n) is 18.0. The second kappa shape index (κ2) is 16.4. The summed E-state index contributed by atoms with van der Waals surface area (Å²) in [7, 11) is 1.22. The maximum absolute atomic E-state index is 12.8. The smallest absolute Gasteiger partial charge is 0.411 e. The molecule has 0 aliphatic carbocycles. The van der Waals surface area contributed by atoms with E-state index in [0.29, 0.717) is 18.8 Å². The summed E-state index contributed by atoms with van der Waals surface area (Å²) in [5, 5.41) is 2.59. The van der Waals surface area contributed by atoms with Gasteiger partial charge < -0.3 is 29.1 Å². The van der Waals surface area contributed by atoms with Crippen LogP contribution in [0.3, 0.4) is 0 Å². The molecule has 4 heterocycles. The minimum Gasteiger partial charge on any atom is -0.453 e. The third-order valence-corrected chi connectivity index (χ3v) is 9.27. The molecule has 2 aliphatic rings. The average Bonchev–Trinajstić information content (AvgIpc) is 3.96. The molecule has 54 heavy (non-hydrogen) atoms. The van der Waals surface area contributed by atoms with Crippen LogP contribution in [0.2, 0.25) is 0 Å². The Hall–Kier alpha value is -5.31. The molecule has 2 aliphatic heterocycles. The second-order valence-electron chi connectivity index (χ2n) is 14.4. The molecular formula is C39H46F3N7O5. The van der Waals surface area contributed by atoms with Crippen LogP contribution in [0.1, 0.15) is 76.6 Å². The van der Waals surface area contributed by atoms with E-state index in [1.807, 2.05) is 49.9 Å². The number of aromatic amines is 2. The number of likely N-dealkylation sites (tertiary alicyclic amines) is 2. The number of nitrogens with zero attached hydrogens (tertiary/aromatic N) is 4. The van der Waals surface area contributed by atoms with Crippen LogP contribution in [0, 0.1) is 0 Å². The number of carbonyl (C=O) groups is 2. The number of methoxy groups -OCH3 is 1. The summed E-state index contributed by atoms with van der Waals surface area (Å²) in [6.45, 7) is 5.33. The van der Waals surface area contributed by atoms with Crippen molar-refractivity contribution in [2.75, 3.05) is 33.4 Å². The number of rotatable bonds is 11. The highest BCUT2D eigenvalue weighted by molar-refractivity contribution is 5.72. The van der Waals surface area contributed by atoms with E-state index in [9.17, 15) is 22.8 Å². The highest BCUT2D eigenvalue weighted by Gasteiger charge is 2.35. The normalized spacial score (nSPS) is 17.9. The molecule has 3 N–H and O–H groups in total. The van der Waals surface area contributed by atoms with Crippen LogP contribution < -0.4 is 5.32 Å². The number of carbonyl (C=O) groups excluding carboxylic acids is 2. The number of aromatic nitrogens is 4. The molecule has 2 unspecified atom stereocenters. The van der Waals surface area contributed by atoms with Gasteiger partial charge in [0.15, 0.2) is 0 Å². The van der Waals surface area contributed by atoms with Gasteiger partial charge in [0.25, 0.3) is 0 Å². The van der Waals surface area contributed by atoms with Gasteiger partial charge >= 0.3 is 18.4 Å². The van der Waals surface area contributed by atoms with Gasteiger partial charge in [0.05, 0.1) is 49.6 Å². The number of alkyl carbamates (subject to hydrolysis) is 1. The van der Waals surface area contributed by atoms with Gasteiger partial charge in [-0.1, -0.05) is 48.5 Å². The minimum atomic E-state index is -4.43. The molecule has 15 heteroatoms. The van der Waals surface area contributed by atoms with Crippen molar-refractivity contribution in [2.45, 2.75) is 76.7 Å². The number of nitrogens with one attached hydrogen (secondary N) is 3. The van der Waals surface area contributed by atoms with E-state index < -0.39 is 24.5 Å². The van der Waals surface area contributed by atoms with Crippen LogP contribution in [0.25, 0.3) is 33.6 Å². The number of alkyl halides is 3. The van der Waals surface area contributed by atoms with Crippen molar-refractivity contribution >= 4 is 12.2 Å². The zero-order chi connectivity index (χ0) is 38.5. The average molecular weight is 750 g/mol. The van der Waals surface area contributed by atoms with Crippen molar-refractivity contribution in [3.05, 3.63) is 84.5 Å². The summed E-state index contributed by atoms with van der Waals surface area (Å²) < 4.78 is 52.7. The van der Waals surface area contributed by atoms with Crippen LogP contribution in [-0.4, -0.2) is 87.1 Å². The fourth-order valence-corrected chi connectivity index (χ4v) is 6.73. The lowest BCUT2D eigenvalue weighted by atomic mass is 10.0. The number of halogens is 3. The summed E-state index contributed by atoms with van der Waals surface area (Å²) in [5.41, 5.74) is 5.59. The van der Waals surface area contributed by atoms with Gasteiger partial charge in [-0.3, -0.25) is 10.2 Å². The van der Waals surface area contributed by atoms with E-state index >= 15 is 0 Å². The number of benzene rings is 2. The molecule has 4 aromatic rings. The van der Waals surface area contributed by atoms with E-state index in [4.69, 9.17) is 14.2 Å². The molecule has 288 valence electrons. The summed E-state index contributed by atoms with van der Waals surface area (Å²) in [5.74, 6) is 1.50. The van der Waals surface area contributed by atoms with E-state index in [1.54, 1.807) is 23.5 Å². The molecule has 0 bridgehead atoms. The highest BCUT2D eigenvalue weighted by atomic mass is 19.4. The maximum atomic E-state index is 12.8. The third kappa shape index (κ3) is 9.81. The largest absolute Gasteiger partial charge is 0.453 e. The van der Waals surface area contributed by atoms with Crippen molar-refractivity contribution in [1.29, 1.82) is 0 Å². The van der Waals surface area contributed by atoms with Crippen LogP contribution in [0.15, 0.2) is 72.8 Å².